The molecule has 3 aromatic rings. The van der Waals surface area contributed by atoms with Gasteiger partial charge in [-0.25, -0.2) is 0 Å². The molecule has 2 amide bonds. The van der Waals surface area contributed by atoms with Gasteiger partial charge in [0, 0.05) is 18.4 Å². The van der Waals surface area contributed by atoms with Crippen LogP contribution in [0.2, 0.25) is 0 Å². The van der Waals surface area contributed by atoms with Gasteiger partial charge in [-0.2, -0.15) is 5.06 Å². The van der Waals surface area contributed by atoms with Crippen LogP contribution in [0.1, 0.15) is 23.3 Å². The molecule has 6 rings (SSSR count). The summed E-state index contributed by atoms with van der Waals surface area (Å²) in [6, 6.07) is 28.0. The second-order valence-electron chi connectivity index (χ2n) is 8.14. The summed E-state index contributed by atoms with van der Waals surface area (Å²) in [7, 11) is 1.54. The van der Waals surface area contributed by atoms with Crippen molar-refractivity contribution in [3.8, 4) is 0 Å². The third-order valence-corrected chi connectivity index (χ3v) is 6.50. The quantitative estimate of drug-likeness (QED) is 0.601. The molecule has 0 saturated carbocycles. The number of para-hydroxylation sites is 2. The second-order valence-corrected chi connectivity index (χ2v) is 8.14. The Morgan fingerprint density at radius 3 is 2.16 bits per heavy atom. The van der Waals surface area contributed by atoms with Crippen LogP contribution in [0, 0.1) is 5.92 Å². The van der Waals surface area contributed by atoms with Gasteiger partial charge in [-0.15, -0.1) is 0 Å². The van der Waals surface area contributed by atoms with E-state index in [0.29, 0.717) is 0 Å². The number of rotatable bonds is 2. The molecule has 4 atom stereocenters. The van der Waals surface area contributed by atoms with Crippen molar-refractivity contribution in [2.45, 2.75) is 18.3 Å². The molecule has 0 unspecified atom stereocenters. The number of likely N-dealkylation sites (N-methyl/N-ethyl adjacent to an activating group) is 1. The van der Waals surface area contributed by atoms with E-state index in [-0.39, 0.29) is 24.0 Å². The van der Waals surface area contributed by atoms with Crippen molar-refractivity contribution in [1.82, 2.24) is 9.96 Å². The Kier molecular flexibility index (Phi) is 4.00. The van der Waals surface area contributed by atoms with Crippen molar-refractivity contribution in [2.75, 3.05) is 11.9 Å². The van der Waals surface area contributed by atoms with Crippen LogP contribution in [0.3, 0.4) is 0 Å². The summed E-state index contributed by atoms with van der Waals surface area (Å²) in [6.45, 7) is 0. The first-order valence-electron chi connectivity index (χ1n) is 10.4. The van der Waals surface area contributed by atoms with E-state index in [0.717, 1.165) is 22.5 Å². The third kappa shape index (κ3) is 2.52. The molecule has 0 aromatic heterocycles. The van der Waals surface area contributed by atoms with Crippen molar-refractivity contribution in [3.63, 3.8) is 0 Å². The summed E-state index contributed by atoms with van der Waals surface area (Å²) in [5, 5.41) is 1.86. The number of hydrogen-bond acceptors (Lipinski definition) is 5. The maximum Gasteiger partial charge on any atom is 0.261 e. The van der Waals surface area contributed by atoms with Crippen molar-refractivity contribution in [3.05, 3.63) is 96.1 Å². The van der Waals surface area contributed by atoms with Crippen molar-refractivity contribution < 1.29 is 14.4 Å². The average molecular weight is 411 g/mol. The molecule has 3 aromatic carbocycles. The van der Waals surface area contributed by atoms with Gasteiger partial charge in [-0.05, 0) is 29.3 Å². The Balaban J connectivity index is 1.60. The minimum atomic E-state index is -0.794. The fourth-order valence-corrected chi connectivity index (χ4v) is 5.11. The number of benzene rings is 3. The van der Waals surface area contributed by atoms with Gasteiger partial charge in [-0.1, -0.05) is 66.7 Å². The number of carbonyl (C=O) groups is 2. The lowest BCUT2D eigenvalue weighted by Gasteiger charge is -2.47. The maximum absolute atomic E-state index is 13.0. The van der Waals surface area contributed by atoms with Gasteiger partial charge in [-0.3, -0.25) is 19.3 Å². The largest absolute Gasteiger partial charge is 0.319 e. The molecule has 6 nitrogen and oxygen atoms in total. The smallest absolute Gasteiger partial charge is 0.261 e. The molecule has 2 fully saturated rings. The number of carbonyl (C=O) groups excluding carboxylic acids is 2. The molecule has 0 N–H and O–H groups in total. The zero-order valence-corrected chi connectivity index (χ0v) is 17.0. The Hall–Kier alpha value is -3.48. The first-order valence-corrected chi connectivity index (χ1v) is 10.4. The number of amides is 2. The van der Waals surface area contributed by atoms with Gasteiger partial charge in [0.15, 0.2) is 6.10 Å². The van der Waals surface area contributed by atoms with Gasteiger partial charge in [0.2, 0.25) is 5.91 Å². The molecule has 0 aliphatic carbocycles. The Morgan fingerprint density at radius 1 is 0.774 bits per heavy atom. The van der Waals surface area contributed by atoms with Crippen LogP contribution in [0.4, 0.5) is 11.4 Å². The van der Waals surface area contributed by atoms with Gasteiger partial charge < -0.3 is 4.90 Å². The summed E-state index contributed by atoms with van der Waals surface area (Å²) in [6.07, 6.45) is -1.11. The summed E-state index contributed by atoms with van der Waals surface area (Å²) >= 11 is 0. The number of hydrogen-bond donors (Lipinski definition) is 0. The number of fused-ring (bicyclic) bond motifs is 5. The molecule has 3 aliphatic heterocycles. The Labute approximate surface area is 180 Å². The first-order chi connectivity index (χ1) is 15.2. The van der Waals surface area contributed by atoms with Crippen LogP contribution in [-0.2, 0) is 14.4 Å². The zero-order valence-electron chi connectivity index (χ0n) is 17.0. The van der Waals surface area contributed by atoms with E-state index >= 15 is 0 Å². The molecule has 0 radical (unpaired) electrons. The summed E-state index contributed by atoms with van der Waals surface area (Å²) < 4.78 is 0. The normalized spacial score (nSPS) is 27.3. The lowest BCUT2D eigenvalue weighted by atomic mass is 9.86. The highest BCUT2D eigenvalue weighted by atomic mass is 16.7. The molecule has 0 bridgehead atoms. The summed E-state index contributed by atoms with van der Waals surface area (Å²) in [5.74, 6) is -1.01. The summed E-state index contributed by atoms with van der Waals surface area (Å²) in [4.78, 5) is 35.6. The van der Waals surface area contributed by atoms with E-state index in [1.807, 2.05) is 59.7 Å². The summed E-state index contributed by atoms with van der Waals surface area (Å²) in [5.41, 5.74) is 4.04. The molecule has 2 saturated heterocycles. The van der Waals surface area contributed by atoms with Crippen molar-refractivity contribution in [2.24, 2.45) is 5.92 Å². The Morgan fingerprint density at radius 2 is 1.42 bits per heavy atom. The number of anilines is 2. The van der Waals surface area contributed by atoms with E-state index in [9.17, 15) is 9.59 Å². The minimum absolute atomic E-state index is 0.183. The van der Waals surface area contributed by atoms with Gasteiger partial charge in [0.05, 0.1) is 12.0 Å². The number of imide groups is 1. The highest BCUT2D eigenvalue weighted by molar-refractivity contribution is 6.07. The van der Waals surface area contributed by atoms with E-state index in [4.69, 9.17) is 4.84 Å². The third-order valence-electron chi connectivity index (χ3n) is 6.50. The molecule has 31 heavy (non-hydrogen) atoms. The van der Waals surface area contributed by atoms with Crippen molar-refractivity contribution in [1.29, 1.82) is 0 Å². The zero-order chi connectivity index (χ0) is 21.1. The average Bonchev–Trinajstić information content (AvgIpc) is 3.31. The van der Waals surface area contributed by atoms with Gasteiger partial charge in [0.1, 0.15) is 6.17 Å². The van der Waals surface area contributed by atoms with Crippen LogP contribution >= 0.6 is 0 Å². The molecule has 3 aliphatic rings. The molecular formula is C25H21N3O3. The molecular weight excluding hydrogens is 390 g/mol. The number of hydroxylamine groups is 2. The van der Waals surface area contributed by atoms with Crippen LogP contribution in [0.15, 0.2) is 84.9 Å². The van der Waals surface area contributed by atoms with Gasteiger partial charge >= 0.3 is 0 Å². The molecule has 3 heterocycles. The SMILES string of the molecule is CN1C(=O)[C@@H]2[C@@H](ON3[C@H](c4ccccc4)N(c4ccccc4)c4ccccc4[C@@H]23)C1=O. The molecule has 154 valence electrons. The van der Waals surface area contributed by atoms with E-state index in [1.54, 1.807) is 0 Å². The first kappa shape index (κ1) is 18.3. The fourth-order valence-electron chi connectivity index (χ4n) is 5.11. The monoisotopic (exact) mass is 411 g/mol. The number of nitrogens with zero attached hydrogens (tertiary/aromatic N) is 3. The number of likely N-dealkylation sites (tertiary alicyclic amines) is 1. The minimum Gasteiger partial charge on any atom is -0.319 e. The van der Waals surface area contributed by atoms with E-state index in [1.165, 1.54) is 11.9 Å². The maximum atomic E-state index is 13.0. The standard InChI is InChI=1S/C25H21N3O3/c1-26-24(29)20-21-18-14-8-9-15-19(18)27(17-12-6-3-7-13-17)23(16-10-4-2-5-11-16)28(21)31-22(20)25(26)30/h2-15,20-23H,1H3/t20-,21-,22+,23+/m0/s1. The molecule has 6 heteroatoms. The fraction of sp³-hybridized carbons (Fsp3) is 0.200. The van der Waals surface area contributed by atoms with Crippen LogP contribution in [-0.4, -0.2) is 34.9 Å². The predicted octanol–water partition coefficient (Wildman–Crippen LogP) is 3.81. The van der Waals surface area contributed by atoms with E-state index < -0.39 is 12.0 Å². The molecule has 0 spiro atoms. The lowest BCUT2D eigenvalue weighted by Crippen LogP contribution is -2.45. The van der Waals surface area contributed by atoms with Crippen molar-refractivity contribution >= 4 is 23.2 Å². The highest BCUT2D eigenvalue weighted by Crippen LogP contribution is 2.56. The predicted molar refractivity (Wildman–Crippen MR) is 115 cm³/mol. The van der Waals surface area contributed by atoms with Crippen LogP contribution in [0.25, 0.3) is 0 Å². The van der Waals surface area contributed by atoms with Gasteiger partial charge in [0.25, 0.3) is 5.91 Å². The highest BCUT2D eigenvalue weighted by Gasteiger charge is 2.62. The Bertz CT molecular complexity index is 1170. The second kappa shape index (κ2) is 6.77. The van der Waals surface area contributed by atoms with E-state index in [2.05, 4.69) is 35.2 Å². The lowest BCUT2D eigenvalue weighted by molar-refractivity contribution is -0.200. The van der Waals surface area contributed by atoms with Crippen LogP contribution < -0.4 is 4.90 Å². The topological polar surface area (TPSA) is 53.1 Å². The van der Waals surface area contributed by atoms with Crippen LogP contribution in [0.5, 0.6) is 0 Å².